The highest BCUT2D eigenvalue weighted by Gasteiger charge is 2.21. The Morgan fingerprint density at radius 1 is 1.44 bits per heavy atom. The van der Waals surface area contributed by atoms with Gasteiger partial charge in [-0.25, -0.2) is 8.78 Å². The third kappa shape index (κ3) is 3.27. The van der Waals surface area contributed by atoms with Crippen LogP contribution in [0.25, 0.3) is 0 Å². The highest BCUT2D eigenvalue weighted by molar-refractivity contribution is 5.21. The molecule has 0 aliphatic carbocycles. The minimum atomic E-state index is -0.967. The summed E-state index contributed by atoms with van der Waals surface area (Å²) in [5.74, 6) is -0.463. The number of likely N-dealkylation sites (tertiary alicyclic amines) is 1. The third-order valence-corrected chi connectivity index (χ3v) is 3.49. The maximum absolute atomic E-state index is 13.5. The van der Waals surface area contributed by atoms with Crippen LogP contribution in [0.15, 0.2) is 18.2 Å². The molecule has 0 spiro atoms. The molecule has 2 atom stereocenters. The molecule has 18 heavy (non-hydrogen) atoms. The van der Waals surface area contributed by atoms with Gasteiger partial charge < -0.3 is 10.0 Å². The molecular formula is C14H19F2NO. The van der Waals surface area contributed by atoms with Crippen molar-refractivity contribution >= 4 is 0 Å². The first-order valence-electron chi connectivity index (χ1n) is 6.41. The fourth-order valence-electron chi connectivity index (χ4n) is 2.57. The van der Waals surface area contributed by atoms with E-state index >= 15 is 0 Å². The molecule has 2 unspecified atom stereocenters. The van der Waals surface area contributed by atoms with Crippen LogP contribution in [0, 0.1) is 17.6 Å². The predicted octanol–water partition coefficient (Wildman–Crippen LogP) is 2.73. The number of benzene rings is 1. The van der Waals surface area contributed by atoms with Crippen LogP contribution in [-0.4, -0.2) is 29.6 Å². The van der Waals surface area contributed by atoms with Crippen LogP contribution in [0.4, 0.5) is 8.78 Å². The third-order valence-electron chi connectivity index (χ3n) is 3.49. The maximum Gasteiger partial charge on any atom is 0.129 e. The van der Waals surface area contributed by atoms with Gasteiger partial charge in [-0.3, -0.25) is 0 Å². The average molecular weight is 255 g/mol. The first-order chi connectivity index (χ1) is 8.56. The summed E-state index contributed by atoms with van der Waals surface area (Å²) in [4.78, 5) is 2.11. The van der Waals surface area contributed by atoms with Crippen molar-refractivity contribution in [2.75, 3.05) is 19.6 Å². The lowest BCUT2D eigenvalue weighted by Gasteiger charge is -2.32. The van der Waals surface area contributed by atoms with Gasteiger partial charge in [-0.2, -0.15) is 0 Å². The van der Waals surface area contributed by atoms with Crippen molar-refractivity contribution in [1.29, 1.82) is 0 Å². The van der Waals surface area contributed by atoms with Gasteiger partial charge in [-0.15, -0.1) is 0 Å². The molecule has 2 rings (SSSR count). The van der Waals surface area contributed by atoms with Gasteiger partial charge in [0, 0.05) is 18.7 Å². The van der Waals surface area contributed by atoms with Gasteiger partial charge in [0.2, 0.25) is 0 Å². The van der Waals surface area contributed by atoms with Gasteiger partial charge in [0.25, 0.3) is 0 Å². The summed E-state index contributed by atoms with van der Waals surface area (Å²) < 4.78 is 26.6. The molecule has 0 bridgehead atoms. The molecule has 1 aliphatic rings. The monoisotopic (exact) mass is 255 g/mol. The lowest BCUT2D eigenvalue weighted by molar-refractivity contribution is 0.0851. The number of nitrogens with zero attached hydrogens (tertiary/aromatic N) is 1. The summed E-state index contributed by atoms with van der Waals surface area (Å²) in [6, 6.07) is 3.20. The second-order valence-electron chi connectivity index (χ2n) is 5.19. The Morgan fingerprint density at radius 2 is 2.22 bits per heavy atom. The highest BCUT2D eigenvalue weighted by atomic mass is 19.1. The Bertz CT molecular complexity index is 411. The lowest BCUT2D eigenvalue weighted by atomic mass is 9.99. The standard InChI is InChI=1S/C14H19F2NO/c1-10-3-2-6-17(8-10)9-14(18)12-7-11(15)4-5-13(12)16/h4-5,7,10,14,18H,2-3,6,8-9H2,1H3. The Morgan fingerprint density at radius 3 is 2.94 bits per heavy atom. The first kappa shape index (κ1) is 13.4. The molecule has 1 heterocycles. The molecule has 1 saturated heterocycles. The van der Waals surface area contributed by atoms with E-state index in [2.05, 4.69) is 11.8 Å². The van der Waals surface area contributed by atoms with E-state index in [0.29, 0.717) is 12.5 Å². The molecule has 0 aromatic heterocycles. The van der Waals surface area contributed by atoms with Crippen LogP contribution in [0.1, 0.15) is 31.4 Å². The molecule has 0 radical (unpaired) electrons. The van der Waals surface area contributed by atoms with Gasteiger partial charge in [-0.1, -0.05) is 6.92 Å². The van der Waals surface area contributed by atoms with E-state index in [1.165, 1.54) is 6.42 Å². The summed E-state index contributed by atoms with van der Waals surface area (Å²) in [5.41, 5.74) is 0.0493. The van der Waals surface area contributed by atoms with Crippen LogP contribution >= 0.6 is 0 Å². The zero-order valence-electron chi connectivity index (χ0n) is 10.6. The molecule has 0 saturated carbocycles. The molecule has 1 aliphatic heterocycles. The van der Waals surface area contributed by atoms with E-state index in [9.17, 15) is 13.9 Å². The van der Waals surface area contributed by atoms with Crippen molar-refractivity contribution in [1.82, 2.24) is 4.90 Å². The Balaban J connectivity index is 2.02. The molecule has 4 heteroatoms. The molecule has 1 aromatic rings. The van der Waals surface area contributed by atoms with E-state index in [1.807, 2.05) is 0 Å². The summed E-state index contributed by atoms with van der Waals surface area (Å²) in [6.07, 6.45) is 1.33. The summed E-state index contributed by atoms with van der Waals surface area (Å²) in [6.45, 7) is 4.36. The number of aliphatic hydroxyl groups excluding tert-OH is 1. The normalized spacial score (nSPS) is 23.0. The van der Waals surface area contributed by atoms with Crippen molar-refractivity contribution in [3.63, 3.8) is 0 Å². The molecule has 1 fully saturated rings. The van der Waals surface area contributed by atoms with Crippen molar-refractivity contribution in [2.45, 2.75) is 25.9 Å². The smallest absolute Gasteiger partial charge is 0.129 e. The molecule has 1 N–H and O–H groups in total. The van der Waals surface area contributed by atoms with Crippen LogP contribution in [0.2, 0.25) is 0 Å². The maximum atomic E-state index is 13.5. The topological polar surface area (TPSA) is 23.5 Å². The van der Waals surface area contributed by atoms with Crippen LogP contribution in [0.3, 0.4) is 0 Å². The van der Waals surface area contributed by atoms with Gasteiger partial charge in [0.1, 0.15) is 11.6 Å². The second kappa shape index (κ2) is 5.76. The van der Waals surface area contributed by atoms with E-state index in [4.69, 9.17) is 0 Å². The first-order valence-corrected chi connectivity index (χ1v) is 6.41. The molecular weight excluding hydrogens is 236 g/mol. The zero-order valence-corrected chi connectivity index (χ0v) is 10.6. The summed E-state index contributed by atoms with van der Waals surface area (Å²) in [7, 11) is 0. The lowest BCUT2D eigenvalue weighted by Crippen LogP contribution is -2.37. The number of aliphatic hydroxyl groups is 1. The minimum absolute atomic E-state index is 0.0493. The van der Waals surface area contributed by atoms with Crippen molar-refractivity contribution < 1.29 is 13.9 Å². The van der Waals surface area contributed by atoms with Gasteiger partial charge in [0.05, 0.1) is 6.10 Å². The van der Waals surface area contributed by atoms with E-state index < -0.39 is 17.7 Å². The fourth-order valence-corrected chi connectivity index (χ4v) is 2.57. The molecule has 1 aromatic carbocycles. The number of hydrogen-bond donors (Lipinski definition) is 1. The highest BCUT2D eigenvalue weighted by Crippen LogP contribution is 2.22. The van der Waals surface area contributed by atoms with E-state index in [-0.39, 0.29) is 5.56 Å². The van der Waals surface area contributed by atoms with Gasteiger partial charge >= 0.3 is 0 Å². The average Bonchev–Trinajstić information content (AvgIpc) is 2.32. The number of piperidine rings is 1. The number of halogens is 2. The molecule has 100 valence electrons. The molecule has 0 amide bonds. The van der Waals surface area contributed by atoms with Gasteiger partial charge in [0.15, 0.2) is 0 Å². The van der Waals surface area contributed by atoms with E-state index in [0.717, 1.165) is 37.7 Å². The summed E-state index contributed by atoms with van der Waals surface area (Å²) in [5, 5.41) is 10.0. The number of β-amino-alcohol motifs (C(OH)–C–C–N with tert-alkyl or cyclic N) is 1. The zero-order chi connectivity index (χ0) is 13.1. The SMILES string of the molecule is CC1CCCN(CC(O)c2cc(F)ccc2F)C1. The minimum Gasteiger partial charge on any atom is -0.387 e. The summed E-state index contributed by atoms with van der Waals surface area (Å²) >= 11 is 0. The van der Waals surface area contributed by atoms with E-state index in [1.54, 1.807) is 0 Å². The fraction of sp³-hybridized carbons (Fsp3) is 0.571. The Kier molecular flexibility index (Phi) is 4.30. The largest absolute Gasteiger partial charge is 0.387 e. The van der Waals surface area contributed by atoms with Crippen molar-refractivity contribution in [3.05, 3.63) is 35.4 Å². The van der Waals surface area contributed by atoms with Crippen LogP contribution < -0.4 is 0 Å². The molecule has 2 nitrogen and oxygen atoms in total. The predicted molar refractivity (Wildman–Crippen MR) is 66.2 cm³/mol. The van der Waals surface area contributed by atoms with Crippen LogP contribution in [0.5, 0.6) is 0 Å². The van der Waals surface area contributed by atoms with Gasteiger partial charge in [-0.05, 0) is 43.5 Å². The Labute approximate surface area is 106 Å². The number of rotatable bonds is 3. The van der Waals surface area contributed by atoms with Crippen molar-refractivity contribution in [3.8, 4) is 0 Å². The van der Waals surface area contributed by atoms with Crippen LogP contribution in [-0.2, 0) is 0 Å². The van der Waals surface area contributed by atoms with Crippen molar-refractivity contribution in [2.24, 2.45) is 5.92 Å². The number of hydrogen-bond acceptors (Lipinski definition) is 2. The quantitative estimate of drug-likeness (QED) is 0.897. The Hall–Kier alpha value is -1.00. The second-order valence-corrected chi connectivity index (χ2v) is 5.19.